The predicted molar refractivity (Wildman–Crippen MR) is 77.6 cm³/mol. The molecular formula is C13H15Br2NO2. The van der Waals surface area contributed by atoms with Gasteiger partial charge in [-0.1, -0.05) is 29.3 Å². The van der Waals surface area contributed by atoms with Crippen molar-refractivity contribution < 1.29 is 9.90 Å². The minimum Gasteiger partial charge on any atom is -0.386 e. The molecule has 1 N–H and O–H groups in total. The Labute approximate surface area is 123 Å². The van der Waals surface area contributed by atoms with E-state index in [1.54, 1.807) is 11.0 Å². The van der Waals surface area contributed by atoms with Crippen molar-refractivity contribution in [2.75, 3.05) is 13.1 Å². The fourth-order valence-corrected chi connectivity index (χ4v) is 3.04. The van der Waals surface area contributed by atoms with Gasteiger partial charge in [-0.3, -0.25) is 4.79 Å². The largest absolute Gasteiger partial charge is 0.386 e. The summed E-state index contributed by atoms with van der Waals surface area (Å²) in [5.74, 6) is -0.0380. The van der Waals surface area contributed by atoms with Gasteiger partial charge in [-0.2, -0.15) is 0 Å². The van der Waals surface area contributed by atoms with Crippen LogP contribution in [0.15, 0.2) is 27.1 Å². The highest BCUT2D eigenvalue weighted by molar-refractivity contribution is 9.11. The minimum absolute atomic E-state index is 0.0380. The molecule has 0 atom stereocenters. The number of hydrogen-bond donors (Lipinski definition) is 1. The van der Waals surface area contributed by atoms with E-state index < -0.39 is 5.60 Å². The molecule has 1 saturated heterocycles. The number of likely N-dealkylation sites (tertiary alicyclic amines) is 1. The SMILES string of the molecule is CCCC1(O)CN(C(=O)c2cc(Br)ccc2Br)C1. The Balaban J connectivity index is 2.08. The van der Waals surface area contributed by atoms with Gasteiger partial charge in [0, 0.05) is 8.95 Å². The summed E-state index contributed by atoms with van der Waals surface area (Å²) in [6.07, 6.45) is 1.68. The lowest BCUT2D eigenvalue weighted by Gasteiger charge is -2.46. The smallest absolute Gasteiger partial charge is 0.255 e. The summed E-state index contributed by atoms with van der Waals surface area (Å²) in [6.45, 7) is 2.89. The first-order chi connectivity index (χ1) is 8.45. The number of carbonyl (C=O) groups excluding carboxylic acids is 1. The van der Waals surface area contributed by atoms with Gasteiger partial charge in [0.15, 0.2) is 0 Å². The number of aliphatic hydroxyl groups is 1. The highest BCUT2D eigenvalue weighted by atomic mass is 79.9. The van der Waals surface area contributed by atoms with Crippen LogP contribution in [0.4, 0.5) is 0 Å². The van der Waals surface area contributed by atoms with E-state index in [2.05, 4.69) is 31.9 Å². The molecular weight excluding hydrogens is 362 g/mol. The average Bonchev–Trinajstić information content (AvgIpc) is 2.28. The Hall–Kier alpha value is -0.390. The highest BCUT2D eigenvalue weighted by Crippen LogP contribution is 2.30. The molecule has 18 heavy (non-hydrogen) atoms. The summed E-state index contributed by atoms with van der Waals surface area (Å²) in [6, 6.07) is 5.52. The summed E-state index contributed by atoms with van der Waals surface area (Å²) in [5.41, 5.74) is -0.0500. The number of amides is 1. The van der Waals surface area contributed by atoms with Gasteiger partial charge in [0.25, 0.3) is 5.91 Å². The molecule has 1 fully saturated rings. The van der Waals surface area contributed by atoms with Crippen LogP contribution in [-0.2, 0) is 0 Å². The summed E-state index contributed by atoms with van der Waals surface area (Å²) in [4.78, 5) is 13.9. The maximum absolute atomic E-state index is 12.3. The summed E-state index contributed by atoms with van der Waals surface area (Å²) in [5, 5.41) is 10.1. The van der Waals surface area contributed by atoms with Crippen LogP contribution in [-0.4, -0.2) is 34.6 Å². The number of halogens is 2. The van der Waals surface area contributed by atoms with Crippen molar-refractivity contribution >= 4 is 37.8 Å². The number of β-amino-alcohol motifs (C(OH)–C–C–N with tert-alkyl or cyclic N) is 1. The molecule has 0 aliphatic carbocycles. The van der Waals surface area contributed by atoms with Crippen molar-refractivity contribution in [2.24, 2.45) is 0 Å². The van der Waals surface area contributed by atoms with Crippen LogP contribution in [0.1, 0.15) is 30.1 Å². The molecule has 1 aromatic carbocycles. The zero-order valence-electron chi connectivity index (χ0n) is 10.1. The standard InChI is InChI=1S/C13H15Br2NO2/c1-2-5-13(18)7-16(8-13)12(17)10-6-9(14)3-4-11(10)15/h3-4,6,18H,2,5,7-8H2,1H3. The Kier molecular flexibility index (Phi) is 4.14. The zero-order valence-corrected chi connectivity index (χ0v) is 13.3. The fourth-order valence-electron chi connectivity index (χ4n) is 2.26. The summed E-state index contributed by atoms with van der Waals surface area (Å²) < 4.78 is 1.65. The molecule has 0 saturated carbocycles. The van der Waals surface area contributed by atoms with E-state index in [9.17, 15) is 9.90 Å². The Morgan fingerprint density at radius 3 is 2.72 bits per heavy atom. The average molecular weight is 377 g/mol. The Morgan fingerprint density at radius 1 is 1.44 bits per heavy atom. The number of carbonyl (C=O) groups is 1. The lowest BCUT2D eigenvalue weighted by molar-refractivity contribution is -0.0860. The van der Waals surface area contributed by atoms with Crippen molar-refractivity contribution in [1.29, 1.82) is 0 Å². The number of hydrogen-bond acceptors (Lipinski definition) is 2. The first kappa shape index (κ1) is 14.0. The molecule has 1 heterocycles. The van der Waals surface area contributed by atoms with Crippen molar-refractivity contribution in [3.8, 4) is 0 Å². The normalized spacial score (nSPS) is 17.4. The van der Waals surface area contributed by atoms with Gasteiger partial charge < -0.3 is 10.0 Å². The second-order valence-electron chi connectivity index (χ2n) is 4.76. The van der Waals surface area contributed by atoms with Crippen molar-refractivity contribution in [3.63, 3.8) is 0 Å². The first-order valence-corrected chi connectivity index (χ1v) is 7.50. The quantitative estimate of drug-likeness (QED) is 0.879. The van der Waals surface area contributed by atoms with E-state index in [1.807, 2.05) is 19.1 Å². The Bertz CT molecular complexity index is 470. The van der Waals surface area contributed by atoms with E-state index >= 15 is 0 Å². The van der Waals surface area contributed by atoms with Gasteiger partial charge in [0.1, 0.15) is 0 Å². The lowest BCUT2D eigenvalue weighted by atomic mass is 9.89. The molecule has 0 radical (unpaired) electrons. The van der Waals surface area contributed by atoms with E-state index in [4.69, 9.17) is 0 Å². The van der Waals surface area contributed by atoms with Crippen LogP contribution in [0, 0.1) is 0 Å². The van der Waals surface area contributed by atoms with Gasteiger partial charge in [-0.25, -0.2) is 0 Å². The molecule has 0 unspecified atom stereocenters. The zero-order chi connectivity index (χ0) is 13.3. The monoisotopic (exact) mass is 375 g/mol. The number of benzene rings is 1. The lowest BCUT2D eigenvalue weighted by Crippen LogP contribution is -2.63. The predicted octanol–water partition coefficient (Wildman–Crippen LogP) is 3.20. The second kappa shape index (κ2) is 5.31. The molecule has 5 heteroatoms. The van der Waals surface area contributed by atoms with Crippen LogP contribution in [0.25, 0.3) is 0 Å². The molecule has 1 aliphatic heterocycles. The molecule has 3 nitrogen and oxygen atoms in total. The van der Waals surface area contributed by atoms with Crippen LogP contribution in [0.5, 0.6) is 0 Å². The topological polar surface area (TPSA) is 40.5 Å². The van der Waals surface area contributed by atoms with Crippen LogP contribution in [0.2, 0.25) is 0 Å². The summed E-state index contributed by atoms with van der Waals surface area (Å²) >= 11 is 6.74. The molecule has 2 rings (SSSR count). The molecule has 0 aromatic heterocycles. The van der Waals surface area contributed by atoms with Gasteiger partial charge in [0.2, 0.25) is 0 Å². The Morgan fingerprint density at radius 2 is 2.11 bits per heavy atom. The summed E-state index contributed by atoms with van der Waals surface area (Å²) in [7, 11) is 0. The third kappa shape index (κ3) is 2.78. The molecule has 0 bridgehead atoms. The van der Waals surface area contributed by atoms with Gasteiger partial charge in [-0.15, -0.1) is 0 Å². The molecule has 1 amide bonds. The van der Waals surface area contributed by atoms with E-state index in [-0.39, 0.29) is 5.91 Å². The fraction of sp³-hybridized carbons (Fsp3) is 0.462. The highest BCUT2D eigenvalue weighted by Gasteiger charge is 2.43. The maximum atomic E-state index is 12.3. The van der Waals surface area contributed by atoms with Gasteiger partial charge in [-0.05, 0) is 40.5 Å². The molecule has 1 aromatic rings. The van der Waals surface area contributed by atoms with E-state index in [0.717, 1.165) is 21.8 Å². The van der Waals surface area contributed by atoms with E-state index in [0.29, 0.717) is 18.7 Å². The van der Waals surface area contributed by atoms with E-state index in [1.165, 1.54) is 0 Å². The van der Waals surface area contributed by atoms with Gasteiger partial charge >= 0.3 is 0 Å². The minimum atomic E-state index is -0.678. The van der Waals surface area contributed by atoms with Crippen molar-refractivity contribution in [1.82, 2.24) is 4.90 Å². The maximum Gasteiger partial charge on any atom is 0.255 e. The van der Waals surface area contributed by atoms with Crippen molar-refractivity contribution in [2.45, 2.75) is 25.4 Å². The number of nitrogens with zero attached hydrogens (tertiary/aromatic N) is 1. The molecule has 1 aliphatic rings. The third-order valence-electron chi connectivity index (χ3n) is 3.13. The number of rotatable bonds is 3. The molecule has 0 spiro atoms. The van der Waals surface area contributed by atoms with Gasteiger partial charge in [0.05, 0.1) is 24.3 Å². The van der Waals surface area contributed by atoms with Crippen LogP contribution in [0.3, 0.4) is 0 Å². The second-order valence-corrected chi connectivity index (χ2v) is 6.53. The third-order valence-corrected chi connectivity index (χ3v) is 4.32. The first-order valence-electron chi connectivity index (χ1n) is 5.92. The van der Waals surface area contributed by atoms with Crippen molar-refractivity contribution in [3.05, 3.63) is 32.7 Å². The molecule has 98 valence electrons. The van der Waals surface area contributed by atoms with Crippen LogP contribution < -0.4 is 0 Å². The van der Waals surface area contributed by atoms with Crippen LogP contribution >= 0.6 is 31.9 Å².